The third kappa shape index (κ3) is 2.42. The molecule has 0 amide bonds. The molecule has 120 valence electrons. The molecular weight excluding hydrogens is 289 g/mol. The van der Waals surface area contributed by atoms with E-state index in [1.54, 1.807) is 24.9 Å². The number of esters is 1. The number of rotatable bonds is 5. The Hall–Kier alpha value is -2.11. The van der Waals surface area contributed by atoms with E-state index in [0.29, 0.717) is 17.7 Å². The summed E-state index contributed by atoms with van der Waals surface area (Å²) in [5.74, 6) is -1.95. The number of carboxylic acid groups (broad SMARTS) is 1. The molecule has 0 radical (unpaired) electrons. The number of likely N-dealkylation sites (N-methyl/N-ethyl adjacent to an activating group) is 1. The van der Waals surface area contributed by atoms with E-state index in [4.69, 9.17) is 4.74 Å². The van der Waals surface area contributed by atoms with Crippen molar-refractivity contribution < 1.29 is 23.8 Å². The predicted molar refractivity (Wildman–Crippen MR) is 79.4 cm³/mol. The fourth-order valence-corrected chi connectivity index (χ4v) is 3.45. The number of ether oxygens (including phenoxy) is 1. The molecule has 6 heteroatoms. The van der Waals surface area contributed by atoms with Crippen molar-refractivity contribution >= 4 is 17.6 Å². The second-order valence-corrected chi connectivity index (χ2v) is 5.51. The highest BCUT2D eigenvalue weighted by Crippen LogP contribution is 2.49. The number of halogens is 1. The summed E-state index contributed by atoms with van der Waals surface area (Å²) in [4.78, 5) is 25.5. The average Bonchev–Trinajstić information content (AvgIpc) is 2.68. The van der Waals surface area contributed by atoms with Crippen LogP contribution >= 0.6 is 0 Å². The van der Waals surface area contributed by atoms with Crippen molar-refractivity contribution in [1.82, 2.24) is 0 Å². The van der Waals surface area contributed by atoms with Crippen molar-refractivity contribution in [3.63, 3.8) is 0 Å². The van der Waals surface area contributed by atoms with Crippen LogP contribution in [0.5, 0.6) is 0 Å². The molecule has 1 aromatic carbocycles. The minimum Gasteiger partial charge on any atom is -0.481 e. The summed E-state index contributed by atoms with van der Waals surface area (Å²) in [7, 11) is 1.71. The molecule has 1 heterocycles. The largest absolute Gasteiger partial charge is 0.481 e. The lowest BCUT2D eigenvalue weighted by atomic mass is 9.71. The lowest BCUT2D eigenvalue weighted by molar-refractivity contribution is -0.147. The van der Waals surface area contributed by atoms with E-state index in [0.717, 1.165) is 0 Å². The quantitative estimate of drug-likeness (QED) is 0.846. The third-order valence-electron chi connectivity index (χ3n) is 4.39. The Morgan fingerprint density at radius 2 is 2.09 bits per heavy atom. The van der Waals surface area contributed by atoms with Crippen molar-refractivity contribution in [2.24, 2.45) is 0 Å². The smallest absolute Gasteiger partial charge is 0.329 e. The molecule has 0 spiro atoms. The summed E-state index contributed by atoms with van der Waals surface area (Å²) < 4.78 is 18.8. The van der Waals surface area contributed by atoms with Crippen LogP contribution in [0.3, 0.4) is 0 Å². The molecule has 0 saturated heterocycles. The molecule has 0 aliphatic carbocycles. The molecule has 2 atom stereocenters. The molecule has 1 aliphatic rings. The molecule has 22 heavy (non-hydrogen) atoms. The molecular formula is C16H20FNO4. The van der Waals surface area contributed by atoms with Gasteiger partial charge in [0.15, 0.2) is 0 Å². The number of hydrogen-bond acceptors (Lipinski definition) is 4. The van der Waals surface area contributed by atoms with Crippen LogP contribution in [0.2, 0.25) is 0 Å². The highest BCUT2D eigenvalue weighted by atomic mass is 19.1. The Bertz CT molecular complexity index is 604. The second-order valence-electron chi connectivity index (χ2n) is 5.51. The Morgan fingerprint density at radius 3 is 2.64 bits per heavy atom. The number of benzene rings is 1. The Morgan fingerprint density at radius 1 is 1.41 bits per heavy atom. The van der Waals surface area contributed by atoms with Gasteiger partial charge in [0, 0.05) is 18.2 Å². The first-order valence-electron chi connectivity index (χ1n) is 7.28. The predicted octanol–water partition coefficient (Wildman–Crippen LogP) is 2.33. The minimum atomic E-state index is -1.03. The van der Waals surface area contributed by atoms with Crippen LogP contribution in [0.15, 0.2) is 18.2 Å². The molecule has 1 aromatic rings. The van der Waals surface area contributed by atoms with E-state index in [1.807, 2.05) is 6.92 Å². The lowest BCUT2D eigenvalue weighted by Gasteiger charge is -2.34. The van der Waals surface area contributed by atoms with Crippen molar-refractivity contribution in [1.29, 1.82) is 0 Å². The number of carbonyl (C=O) groups is 2. The number of carboxylic acids is 1. The summed E-state index contributed by atoms with van der Waals surface area (Å²) in [6.45, 7) is 3.72. The number of hydrogen-bond donors (Lipinski definition) is 1. The van der Waals surface area contributed by atoms with Gasteiger partial charge in [-0.1, -0.05) is 6.92 Å². The Balaban J connectivity index is 2.63. The van der Waals surface area contributed by atoms with Crippen LogP contribution in [0, 0.1) is 5.82 Å². The van der Waals surface area contributed by atoms with Gasteiger partial charge in [0.25, 0.3) is 0 Å². The summed E-state index contributed by atoms with van der Waals surface area (Å²) in [6.07, 6.45) is 0.136. The van der Waals surface area contributed by atoms with Gasteiger partial charge >= 0.3 is 11.9 Å². The van der Waals surface area contributed by atoms with Crippen LogP contribution in [-0.4, -0.2) is 36.7 Å². The van der Waals surface area contributed by atoms with Crippen molar-refractivity contribution in [2.45, 2.75) is 38.1 Å². The van der Waals surface area contributed by atoms with Gasteiger partial charge in [-0.25, -0.2) is 9.18 Å². The molecule has 1 aliphatic heterocycles. The van der Waals surface area contributed by atoms with Crippen LogP contribution in [0.25, 0.3) is 0 Å². The van der Waals surface area contributed by atoms with E-state index in [1.165, 1.54) is 12.1 Å². The molecule has 5 nitrogen and oxygen atoms in total. The van der Waals surface area contributed by atoms with Crippen LogP contribution in [0.4, 0.5) is 10.1 Å². The zero-order valence-electron chi connectivity index (χ0n) is 12.9. The topological polar surface area (TPSA) is 66.8 Å². The molecule has 0 bridgehead atoms. The normalized spacial score (nSPS) is 23.3. The van der Waals surface area contributed by atoms with E-state index < -0.39 is 29.2 Å². The molecule has 0 aromatic heterocycles. The van der Waals surface area contributed by atoms with Crippen molar-refractivity contribution in [3.8, 4) is 0 Å². The highest BCUT2D eigenvalue weighted by Gasteiger charge is 2.54. The fourth-order valence-electron chi connectivity index (χ4n) is 3.45. The summed E-state index contributed by atoms with van der Waals surface area (Å²) in [5.41, 5.74) is 0.227. The number of anilines is 1. The molecule has 0 fully saturated rings. The molecule has 2 unspecified atom stereocenters. The zero-order valence-corrected chi connectivity index (χ0v) is 12.9. The zero-order chi connectivity index (χ0) is 16.5. The van der Waals surface area contributed by atoms with Gasteiger partial charge in [0.2, 0.25) is 0 Å². The third-order valence-corrected chi connectivity index (χ3v) is 4.39. The summed E-state index contributed by atoms with van der Waals surface area (Å²) in [6, 6.07) is 3.45. The van der Waals surface area contributed by atoms with Crippen LogP contribution < -0.4 is 4.90 Å². The maximum absolute atomic E-state index is 13.7. The molecule has 2 rings (SSSR count). The van der Waals surface area contributed by atoms with Gasteiger partial charge in [0.1, 0.15) is 11.9 Å². The standard InChI is InChI=1S/C16H20FNO4/c1-4-16(9-13(19)20)11-8-10(17)6-7-12(11)18(3)14(16)15(21)22-5-2/h6-8,14H,4-5,9H2,1-3H3,(H,19,20). The van der Waals surface area contributed by atoms with Crippen LogP contribution in [0.1, 0.15) is 32.3 Å². The maximum Gasteiger partial charge on any atom is 0.329 e. The van der Waals surface area contributed by atoms with Gasteiger partial charge in [-0.05, 0) is 37.1 Å². The second kappa shape index (κ2) is 5.94. The summed E-state index contributed by atoms with van der Waals surface area (Å²) in [5, 5.41) is 9.32. The fraction of sp³-hybridized carbons (Fsp3) is 0.500. The SMILES string of the molecule is CCOC(=O)C1N(C)c2ccc(F)cc2C1(CC)CC(=O)O. The van der Waals surface area contributed by atoms with Gasteiger partial charge in [-0.2, -0.15) is 0 Å². The number of carbonyl (C=O) groups excluding carboxylic acids is 1. The van der Waals surface area contributed by atoms with E-state index in [-0.39, 0.29) is 13.0 Å². The minimum absolute atomic E-state index is 0.209. The number of aliphatic carboxylic acids is 1. The van der Waals surface area contributed by atoms with E-state index >= 15 is 0 Å². The first kappa shape index (κ1) is 16.3. The molecule has 0 saturated carbocycles. The van der Waals surface area contributed by atoms with Gasteiger partial charge in [0.05, 0.1) is 13.0 Å². The highest BCUT2D eigenvalue weighted by molar-refractivity contribution is 5.88. The summed E-state index contributed by atoms with van der Waals surface area (Å²) >= 11 is 0. The molecule has 1 N–H and O–H groups in total. The average molecular weight is 309 g/mol. The van der Waals surface area contributed by atoms with Gasteiger partial charge in [-0.15, -0.1) is 0 Å². The van der Waals surface area contributed by atoms with E-state index in [2.05, 4.69) is 0 Å². The lowest BCUT2D eigenvalue weighted by Crippen LogP contribution is -2.50. The van der Waals surface area contributed by atoms with Crippen molar-refractivity contribution in [2.75, 3.05) is 18.6 Å². The first-order chi connectivity index (χ1) is 10.4. The monoisotopic (exact) mass is 309 g/mol. The van der Waals surface area contributed by atoms with E-state index in [9.17, 15) is 19.1 Å². The Labute approximate surface area is 128 Å². The van der Waals surface area contributed by atoms with Gasteiger partial charge < -0.3 is 14.7 Å². The number of nitrogens with zero attached hydrogens (tertiary/aromatic N) is 1. The van der Waals surface area contributed by atoms with Crippen LogP contribution in [-0.2, 0) is 19.7 Å². The first-order valence-corrected chi connectivity index (χ1v) is 7.28. The van der Waals surface area contributed by atoms with Crippen molar-refractivity contribution in [3.05, 3.63) is 29.6 Å². The number of fused-ring (bicyclic) bond motifs is 1. The van der Waals surface area contributed by atoms with Gasteiger partial charge in [-0.3, -0.25) is 4.79 Å². The Kier molecular flexibility index (Phi) is 4.39. The maximum atomic E-state index is 13.7.